The summed E-state index contributed by atoms with van der Waals surface area (Å²) in [6, 6.07) is 10.7. The van der Waals surface area contributed by atoms with E-state index < -0.39 is 5.54 Å². The molecule has 162 valence electrons. The van der Waals surface area contributed by atoms with Crippen molar-refractivity contribution in [3.05, 3.63) is 59.7 Å². The fourth-order valence-electron chi connectivity index (χ4n) is 3.78. The Labute approximate surface area is 190 Å². The molecular weight excluding hydrogens is 426 g/mol. The van der Waals surface area contributed by atoms with E-state index in [1.54, 1.807) is 23.1 Å². The van der Waals surface area contributed by atoms with Gasteiger partial charge in [0.1, 0.15) is 18.5 Å². The van der Waals surface area contributed by atoms with E-state index in [1.165, 1.54) is 11.2 Å². The van der Waals surface area contributed by atoms with Crippen LogP contribution in [0.5, 0.6) is 5.88 Å². The lowest BCUT2D eigenvalue weighted by atomic mass is 10.0. The number of anilines is 2. The second-order valence-electron chi connectivity index (χ2n) is 7.85. The van der Waals surface area contributed by atoms with E-state index >= 15 is 0 Å². The Morgan fingerprint density at radius 2 is 1.94 bits per heavy atom. The zero-order valence-corrected chi connectivity index (χ0v) is 18.7. The summed E-state index contributed by atoms with van der Waals surface area (Å²) in [4.78, 5) is 28.7. The highest BCUT2D eigenvalue weighted by Crippen LogP contribution is 2.39. The molecule has 32 heavy (non-hydrogen) atoms. The van der Waals surface area contributed by atoms with Crippen molar-refractivity contribution in [1.82, 2.24) is 9.97 Å². The van der Waals surface area contributed by atoms with Gasteiger partial charge in [-0.3, -0.25) is 9.69 Å². The summed E-state index contributed by atoms with van der Waals surface area (Å²) in [5.41, 5.74) is 2.36. The van der Waals surface area contributed by atoms with E-state index in [2.05, 4.69) is 14.8 Å². The Bertz CT molecular complexity index is 1280. The van der Waals surface area contributed by atoms with Crippen molar-refractivity contribution in [2.45, 2.75) is 26.3 Å². The van der Waals surface area contributed by atoms with Crippen molar-refractivity contribution < 1.29 is 14.6 Å². The van der Waals surface area contributed by atoms with Gasteiger partial charge in [0.25, 0.3) is 5.91 Å². The molecule has 1 amide bonds. The standard InChI is InChI=1S/C23H21N5O3S/c1-14-11-15(5-7-18(14)24-4)27-21(30)23(2,3)28(22(27)32)16-6-8-19-17(12-16)20(26-13-25-19)31-10-9-29/h5-8,11-13,29H,9-10H2,1-3H3. The molecule has 1 aromatic heterocycles. The molecule has 0 bridgehead atoms. The normalized spacial score (nSPS) is 15.3. The first-order valence-corrected chi connectivity index (χ1v) is 10.4. The molecule has 1 saturated heterocycles. The average Bonchev–Trinajstić information content (AvgIpc) is 2.95. The smallest absolute Gasteiger partial charge is 0.259 e. The average molecular weight is 448 g/mol. The number of hydrogen-bond donors (Lipinski definition) is 1. The molecule has 2 heterocycles. The molecule has 8 nitrogen and oxygen atoms in total. The number of rotatable bonds is 5. The zero-order chi connectivity index (χ0) is 23.0. The molecule has 0 spiro atoms. The molecule has 0 saturated carbocycles. The fraction of sp³-hybridized carbons (Fsp3) is 0.261. The van der Waals surface area contributed by atoms with Gasteiger partial charge in [0.15, 0.2) is 10.8 Å². The number of hydrogen-bond acceptors (Lipinski definition) is 6. The fourth-order valence-corrected chi connectivity index (χ4v) is 4.30. The van der Waals surface area contributed by atoms with Crippen LogP contribution in [0.4, 0.5) is 17.1 Å². The minimum absolute atomic E-state index is 0.107. The molecule has 2 aromatic carbocycles. The molecule has 1 aliphatic heterocycles. The first kappa shape index (κ1) is 21.6. The lowest BCUT2D eigenvalue weighted by molar-refractivity contribution is -0.120. The minimum Gasteiger partial charge on any atom is -0.475 e. The predicted molar refractivity (Wildman–Crippen MR) is 126 cm³/mol. The van der Waals surface area contributed by atoms with E-state index in [9.17, 15) is 4.79 Å². The lowest BCUT2D eigenvalue weighted by Crippen LogP contribution is -2.44. The maximum Gasteiger partial charge on any atom is 0.259 e. The van der Waals surface area contributed by atoms with Crippen molar-refractivity contribution >= 4 is 51.2 Å². The Hall–Kier alpha value is -3.61. The number of aliphatic hydroxyl groups excluding tert-OH is 1. The van der Waals surface area contributed by atoms with Crippen molar-refractivity contribution in [3.8, 4) is 5.88 Å². The highest BCUT2D eigenvalue weighted by molar-refractivity contribution is 7.81. The topological polar surface area (TPSA) is 83.2 Å². The summed E-state index contributed by atoms with van der Waals surface area (Å²) in [5, 5.41) is 10.1. The van der Waals surface area contributed by atoms with Crippen molar-refractivity contribution in [2.24, 2.45) is 0 Å². The van der Waals surface area contributed by atoms with Crippen LogP contribution in [0, 0.1) is 13.5 Å². The van der Waals surface area contributed by atoms with Gasteiger partial charge in [-0.15, -0.1) is 0 Å². The quantitative estimate of drug-likeness (QED) is 0.471. The molecule has 0 atom stereocenters. The van der Waals surface area contributed by atoms with Gasteiger partial charge in [0.05, 0.1) is 24.1 Å². The highest BCUT2D eigenvalue weighted by atomic mass is 32.1. The number of aryl methyl sites for hydroxylation is 1. The van der Waals surface area contributed by atoms with Crippen LogP contribution >= 0.6 is 12.2 Å². The molecule has 9 heteroatoms. The maximum absolute atomic E-state index is 13.4. The third-order valence-corrected chi connectivity index (χ3v) is 5.76. The molecule has 0 aliphatic carbocycles. The third kappa shape index (κ3) is 3.43. The maximum atomic E-state index is 13.4. The summed E-state index contributed by atoms with van der Waals surface area (Å²) >= 11 is 5.76. The van der Waals surface area contributed by atoms with Gasteiger partial charge in [0, 0.05) is 11.4 Å². The van der Waals surface area contributed by atoms with E-state index in [4.69, 9.17) is 28.6 Å². The van der Waals surface area contributed by atoms with Gasteiger partial charge in [-0.1, -0.05) is 6.07 Å². The van der Waals surface area contributed by atoms with Gasteiger partial charge in [-0.05, 0) is 68.9 Å². The molecule has 1 aliphatic rings. The Kier molecular flexibility index (Phi) is 5.50. The van der Waals surface area contributed by atoms with Crippen LogP contribution < -0.4 is 14.5 Å². The second-order valence-corrected chi connectivity index (χ2v) is 8.22. The van der Waals surface area contributed by atoms with Crippen molar-refractivity contribution in [1.29, 1.82) is 0 Å². The molecule has 0 unspecified atom stereocenters. The van der Waals surface area contributed by atoms with Crippen LogP contribution in [0.2, 0.25) is 0 Å². The number of amides is 1. The summed E-state index contributed by atoms with van der Waals surface area (Å²) in [5.74, 6) is 0.181. The number of benzene rings is 2. The number of carbonyl (C=O) groups is 1. The number of fused-ring (bicyclic) bond motifs is 1. The van der Waals surface area contributed by atoms with Gasteiger partial charge in [0.2, 0.25) is 5.88 Å². The minimum atomic E-state index is -0.946. The van der Waals surface area contributed by atoms with Crippen molar-refractivity contribution in [3.63, 3.8) is 0 Å². The highest BCUT2D eigenvalue weighted by Gasteiger charge is 2.50. The van der Waals surface area contributed by atoms with Gasteiger partial charge in [-0.25, -0.2) is 14.8 Å². The van der Waals surface area contributed by atoms with E-state index in [0.717, 1.165) is 5.56 Å². The van der Waals surface area contributed by atoms with Crippen molar-refractivity contribution in [2.75, 3.05) is 23.0 Å². The number of thiocarbonyl (C=S) groups is 1. The number of nitrogens with zero attached hydrogens (tertiary/aromatic N) is 5. The van der Waals surface area contributed by atoms with Crippen LogP contribution in [-0.2, 0) is 4.79 Å². The zero-order valence-electron chi connectivity index (χ0n) is 17.9. The summed E-state index contributed by atoms with van der Waals surface area (Å²) in [7, 11) is 0. The van der Waals surface area contributed by atoms with E-state index in [1.807, 2.05) is 39.0 Å². The van der Waals surface area contributed by atoms with Crippen LogP contribution in [0.1, 0.15) is 19.4 Å². The van der Waals surface area contributed by atoms with Gasteiger partial charge < -0.3 is 14.7 Å². The Balaban J connectivity index is 1.79. The second kappa shape index (κ2) is 8.15. The number of aliphatic hydroxyl groups is 1. The number of ether oxygens (including phenoxy) is 1. The van der Waals surface area contributed by atoms with Crippen LogP contribution in [0.3, 0.4) is 0 Å². The summed E-state index contributed by atoms with van der Waals surface area (Å²) in [6.07, 6.45) is 1.40. The monoisotopic (exact) mass is 447 g/mol. The first-order chi connectivity index (χ1) is 15.3. The summed E-state index contributed by atoms with van der Waals surface area (Å²) < 4.78 is 5.56. The molecule has 4 rings (SSSR count). The SMILES string of the molecule is [C-]#[N+]c1ccc(N2C(=O)C(C)(C)N(c3ccc4ncnc(OCCO)c4c3)C2=S)cc1C. The Morgan fingerprint density at radius 1 is 1.19 bits per heavy atom. The number of carbonyl (C=O) groups excluding carboxylic acids is 1. The molecular formula is C23H21N5O3S. The molecule has 0 radical (unpaired) electrons. The van der Waals surface area contributed by atoms with E-state index in [-0.39, 0.29) is 19.1 Å². The molecule has 1 fully saturated rings. The lowest BCUT2D eigenvalue weighted by Gasteiger charge is -2.29. The van der Waals surface area contributed by atoms with Crippen LogP contribution in [0.15, 0.2) is 42.7 Å². The molecule has 1 N–H and O–H groups in total. The van der Waals surface area contributed by atoms with Gasteiger partial charge >= 0.3 is 0 Å². The van der Waals surface area contributed by atoms with Crippen LogP contribution in [-0.4, -0.2) is 44.8 Å². The van der Waals surface area contributed by atoms with Gasteiger partial charge in [-0.2, -0.15) is 0 Å². The molecule has 3 aromatic rings. The third-order valence-electron chi connectivity index (χ3n) is 5.40. The number of aromatic nitrogens is 2. The predicted octanol–water partition coefficient (Wildman–Crippen LogP) is 3.78. The van der Waals surface area contributed by atoms with Crippen LogP contribution in [0.25, 0.3) is 15.7 Å². The first-order valence-electron chi connectivity index (χ1n) is 9.95. The largest absolute Gasteiger partial charge is 0.475 e. The summed E-state index contributed by atoms with van der Waals surface area (Å²) in [6.45, 7) is 12.7. The van der Waals surface area contributed by atoms with E-state index in [0.29, 0.717) is 39.0 Å². The Morgan fingerprint density at radius 3 is 2.62 bits per heavy atom.